The van der Waals surface area contributed by atoms with Crippen molar-refractivity contribution in [3.8, 4) is 5.75 Å². The van der Waals surface area contributed by atoms with Gasteiger partial charge in [0.2, 0.25) is 47.3 Å². The van der Waals surface area contributed by atoms with Crippen molar-refractivity contribution in [1.29, 1.82) is 0 Å². The molecule has 0 heterocycles. The Labute approximate surface area is 344 Å². The van der Waals surface area contributed by atoms with Gasteiger partial charge in [0.05, 0.1) is 12.5 Å². The smallest absolute Gasteiger partial charge is 0.305 e. The lowest BCUT2D eigenvalue weighted by atomic mass is 10.0. The zero-order chi connectivity index (χ0) is 44.2. The second kappa shape index (κ2) is 24.5. The van der Waals surface area contributed by atoms with Crippen LogP contribution >= 0.6 is 11.8 Å². The van der Waals surface area contributed by atoms with Crippen LogP contribution in [0.15, 0.2) is 54.6 Å². The van der Waals surface area contributed by atoms with Gasteiger partial charge in [-0.1, -0.05) is 42.5 Å². The van der Waals surface area contributed by atoms with E-state index < -0.39 is 102 Å². The van der Waals surface area contributed by atoms with Gasteiger partial charge < -0.3 is 59.3 Å². The molecular formula is C38H53N9O11S. The minimum absolute atomic E-state index is 0.0395. The van der Waals surface area contributed by atoms with Crippen LogP contribution in [-0.2, 0) is 56.0 Å². The Morgan fingerprint density at radius 2 is 1.08 bits per heavy atom. The fraction of sp³-hybridized carbons (Fsp3) is 0.447. The monoisotopic (exact) mass is 843 g/mol. The molecule has 2 aromatic carbocycles. The van der Waals surface area contributed by atoms with E-state index in [0.717, 1.165) is 0 Å². The molecule has 0 saturated heterocycles. The quantitative estimate of drug-likeness (QED) is 0.0491. The molecule has 0 unspecified atom stereocenters. The topological polar surface area (TPSA) is 344 Å². The maximum absolute atomic E-state index is 13.8. The van der Waals surface area contributed by atoms with Gasteiger partial charge in [-0.2, -0.15) is 11.8 Å². The Balaban J connectivity index is 2.21. The molecule has 14 N–H and O–H groups in total. The van der Waals surface area contributed by atoms with Crippen LogP contribution in [-0.4, -0.2) is 118 Å². The summed E-state index contributed by atoms with van der Waals surface area (Å²) in [4.78, 5) is 114. The highest BCUT2D eigenvalue weighted by Crippen LogP contribution is 2.12. The Bertz CT molecular complexity index is 1800. The first-order chi connectivity index (χ1) is 27.8. The number of carbonyl (C=O) groups excluding carboxylic acids is 8. The van der Waals surface area contributed by atoms with E-state index in [0.29, 0.717) is 16.9 Å². The highest BCUT2D eigenvalue weighted by atomic mass is 32.2. The lowest BCUT2D eigenvalue weighted by molar-refractivity contribution is -0.140. The zero-order valence-electron chi connectivity index (χ0n) is 32.9. The number of primary amides is 2. The number of hydrogen-bond acceptors (Lipinski definition) is 12. The number of benzene rings is 2. The molecule has 59 heavy (non-hydrogen) atoms. The van der Waals surface area contributed by atoms with Crippen LogP contribution in [0.4, 0.5) is 0 Å². The predicted octanol–water partition coefficient (Wildman–Crippen LogP) is -2.57. The first-order valence-electron chi connectivity index (χ1n) is 18.5. The number of nitrogens with two attached hydrogens (primary N) is 3. The van der Waals surface area contributed by atoms with Crippen molar-refractivity contribution in [1.82, 2.24) is 31.9 Å². The minimum atomic E-state index is -1.56. The standard InChI is InChI=1S/C38H53N9O11S/c1-20(42-35(55)25(39)17-23-9-11-24(48)12-10-23)34(54)47-29(18-22-7-5-4-6-8-22)38(58)45-26(13-14-30(40)49)36(56)43-21(2)33(53)44-27(15-16-59-3)37(57)46-28(32(41)52)19-31(50)51/h4-12,20-21,25-29,48H,13-19,39H2,1-3H3,(H2,40,49)(H2,41,52)(H,42,55)(H,43,56)(H,44,53)(H,45,58)(H,46,57)(H,47,54)(H,50,51)/t20-,21-,25+,26+,27+,28+,29+/m1/s1. The molecule has 0 aliphatic heterocycles. The van der Waals surface area contributed by atoms with E-state index >= 15 is 0 Å². The van der Waals surface area contributed by atoms with E-state index in [9.17, 15) is 48.3 Å². The average molecular weight is 844 g/mol. The van der Waals surface area contributed by atoms with E-state index in [1.807, 2.05) is 0 Å². The van der Waals surface area contributed by atoms with Gasteiger partial charge in [-0.3, -0.25) is 43.2 Å². The summed E-state index contributed by atoms with van der Waals surface area (Å²) in [5.74, 6) is -7.85. The van der Waals surface area contributed by atoms with Gasteiger partial charge in [-0.05, 0) is 68.4 Å². The number of thioether (sulfide) groups is 1. The van der Waals surface area contributed by atoms with Crippen molar-refractivity contribution < 1.29 is 53.4 Å². The van der Waals surface area contributed by atoms with Gasteiger partial charge in [0.25, 0.3) is 0 Å². The van der Waals surface area contributed by atoms with Crippen molar-refractivity contribution in [2.24, 2.45) is 17.2 Å². The molecule has 20 nitrogen and oxygen atoms in total. The second-order valence-electron chi connectivity index (χ2n) is 13.7. The molecule has 0 bridgehead atoms. The Morgan fingerprint density at radius 3 is 1.63 bits per heavy atom. The average Bonchev–Trinajstić information content (AvgIpc) is 3.17. The van der Waals surface area contributed by atoms with Gasteiger partial charge in [-0.15, -0.1) is 0 Å². The van der Waals surface area contributed by atoms with Crippen molar-refractivity contribution in [3.05, 3.63) is 65.7 Å². The van der Waals surface area contributed by atoms with Crippen LogP contribution in [0.3, 0.4) is 0 Å². The van der Waals surface area contributed by atoms with E-state index in [2.05, 4.69) is 31.9 Å². The van der Waals surface area contributed by atoms with E-state index in [4.69, 9.17) is 22.3 Å². The lowest BCUT2D eigenvalue weighted by Gasteiger charge is -2.26. The molecule has 0 radical (unpaired) electrons. The van der Waals surface area contributed by atoms with Crippen LogP contribution in [0, 0.1) is 0 Å². The van der Waals surface area contributed by atoms with Crippen LogP contribution in [0.5, 0.6) is 5.75 Å². The SMILES string of the molecule is CSCC[C@H](NC(=O)[C@@H](C)NC(=O)[C@H](CCC(N)=O)NC(=O)[C@H](Cc1ccccc1)NC(=O)[C@@H](C)NC(=O)[C@@H](N)Cc1ccc(O)cc1)C(=O)N[C@@H](CC(=O)O)C(N)=O. The van der Waals surface area contributed by atoms with Gasteiger partial charge >= 0.3 is 5.97 Å². The fourth-order valence-electron chi connectivity index (χ4n) is 5.40. The van der Waals surface area contributed by atoms with Crippen LogP contribution < -0.4 is 49.1 Å². The number of hydrogen-bond donors (Lipinski definition) is 11. The first-order valence-corrected chi connectivity index (χ1v) is 19.9. The third-order valence-corrected chi connectivity index (χ3v) is 9.39. The number of nitrogens with one attached hydrogen (secondary N) is 6. The lowest BCUT2D eigenvalue weighted by Crippen LogP contribution is -2.59. The molecule has 0 aromatic heterocycles. The van der Waals surface area contributed by atoms with Crippen molar-refractivity contribution in [2.45, 2.75) is 94.7 Å². The van der Waals surface area contributed by atoms with E-state index in [1.165, 1.54) is 37.7 Å². The highest BCUT2D eigenvalue weighted by Gasteiger charge is 2.32. The number of carboxylic acids is 1. The Hall–Kier alpha value is -6.22. The van der Waals surface area contributed by atoms with Crippen LogP contribution in [0.1, 0.15) is 50.7 Å². The molecule has 21 heteroatoms. The number of phenolic OH excluding ortho intramolecular Hbond substituents is 1. The van der Waals surface area contributed by atoms with Gasteiger partial charge in [0, 0.05) is 12.8 Å². The van der Waals surface area contributed by atoms with E-state index in [1.54, 1.807) is 48.7 Å². The predicted molar refractivity (Wildman–Crippen MR) is 216 cm³/mol. The summed E-state index contributed by atoms with van der Waals surface area (Å²) in [5.41, 5.74) is 17.9. The minimum Gasteiger partial charge on any atom is -0.508 e. The highest BCUT2D eigenvalue weighted by molar-refractivity contribution is 7.98. The number of aromatic hydroxyl groups is 1. The third kappa shape index (κ3) is 17.9. The molecule has 0 spiro atoms. The fourth-order valence-corrected chi connectivity index (χ4v) is 5.87. The van der Waals surface area contributed by atoms with Crippen LogP contribution in [0.2, 0.25) is 0 Å². The molecule has 0 aliphatic carbocycles. The summed E-state index contributed by atoms with van der Waals surface area (Å²) < 4.78 is 0. The number of phenols is 1. The summed E-state index contributed by atoms with van der Waals surface area (Å²) in [6.07, 6.45) is 0.367. The molecule has 0 aliphatic rings. The van der Waals surface area contributed by atoms with Crippen LogP contribution in [0.25, 0.3) is 0 Å². The summed E-state index contributed by atoms with van der Waals surface area (Å²) >= 11 is 1.34. The maximum atomic E-state index is 13.8. The maximum Gasteiger partial charge on any atom is 0.305 e. The third-order valence-electron chi connectivity index (χ3n) is 8.74. The largest absolute Gasteiger partial charge is 0.508 e. The Morgan fingerprint density at radius 1 is 0.610 bits per heavy atom. The molecular weight excluding hydrogens is 791 g/mol. The molecule has 0 fully saturated rings. The first kappa shape index (κ1) is 48.9. The molecule has 2 aromatic rings. The van der Waals surface area contributed by atoms with Crippen molar-refractivity contribution >= 4 is 65.0 Å². The summed E-state index contributed by atoms with van der Waals surface area (Å²) in [6.45, 7) is 2.67. The summed E-state index contributed by atoms with van der Waals surface area (Å²) in [6, 6.07) is 5.48. The summed E-state index contributed by atoms with van der Waals surface area (Å²) in [5, 5.41) is 33.3. The zero-order valence-corrected chi connectivity index (χ0v) is 33.7. The molecule has 322 valence electrons. The molecule has 7 atom stereocenters. The van der Waals surface area contributed by atoms with Gasteiger partial charge in [0.1, 0.15) is 42.0 Å². The second-order valence-corrected chi connectivity index (χ2v) is 14.6. The molecule has 8 amide bonds. The van der Waals surface area contributed by atoms with Crippen molar-refractivity contribution in [3.63, 3.8) is 0 Å². The number of carbonyl (C=O) groups is 9. The number of amides is 8. The van der Waals surface area contributed by atoms with Gasteiger partial charge in [0.15, 0.2) is 0 Å². The number of rotatable bonds is 25. The summed E-state index contributed by atoms with van der Waals surface area (Å²) in [7, 11) is 0. The normalized spacial score (nSPS) is 14.4. The number of carboxylic acid groups (broad SMARTS) is 1. The van der Waals surface area contributed by atoms with Gasteiger partial charge in [-0.25, -0.2) is 0 Å². The molecule has 0 saturated carbocycles. The van der Waals surface area contributed by atoms with E-state index in [-0.39, 0.29) is 37.9 Å². The van der Waals surface area contributed by atoms with Crippen molar-refractivity contribution in [2.75, 3.05) is 12.0 Å². The number of aliphatic carboxylic acids is 1. The Kier molecular flexibility index (Phi) is 20.3. The molecule has 2 rings (SSSR count).